The van der Waals surface area contributed by atoms with Crippen molar-refractivity contribution in [3.8, 4) is 22.3 Å². The maximum absolute atomic E-state index is 8.08. The first-order valence-corrected chi connectivity index (χ1v) is 9.80. The maximum atomic E-state index is 8.08. The van der Waals surface area contributed by atoms with Gasteiger partial charge in [0.2, 0.25) is 0 Å². The van der Waals surface area contributed by atoms with Crippen LogP contribution in [0, 0.1) is 0 Å². The van der Waals surface area contributed by atoms with Crippen molar-refractivity contribution in [3.05, 3.63) is 121 Å². The van der Waals surface area contributed by atoms with E-state index in [1.165, 1.54) is 22.3 Å². The van der Waals surface area contributed by atoms with Crippen molar-refractivity contribution in [3.63, 3.8) is 0 Å². The lowest BCUT2D eigenvalue weighted by Gasteiger charge is -1.98. The minimum atomic E-state index is 0.190. The molecule has 0 radical (unpaired) electrons. The van der Waals surface area contributed by atoms with Crippen LogP contribution in [0.4, 0.5) is 0 Å². The Morgan fingerprint density at radius 1 is 0.517 bits per heavy atom. The van der Waals surface area contributed by atoms with E-state index in [0.717, 1.165) is 6.61 Å². The standard InChI is InChI=1S/2C12H10.C3H6O2/c2*1-3-7-11(8-4-1)12-9-5-2-6-10-12;4-1-3-2-5-3/h2*1-10H;3-4H,1-2H2. The topological polar surface area (TPSA) is 32.8 Å². The number of hydrogen-bond acceptors (Lipinski definition) is 2. The Kier molecular flexibility index (Phi) is 8.21. The first-order valence-electron chi connectivity index (χ1n) is 9.80. The summed E-state index contributed by atoms with van der Waals surface area (Å²) in [7, 11) is 0. The van der Waals surface area contributed by atoms with Crippen molar-refractivity contribution in [1.82, 2.24) is 0 Å². The zero-order chi connectivity index (χ0) is 20.2. The van der Waals surface area contributed by atoms with Gasteiger partial charge in [0.25, 0.3) is 0 Å². The fraction of sp³-hybridized carbons (Fsp3) is 0.111. The molecule has 4 aromatic carbocycles. The molecule has 0 amide bonds. The number of benzene rings is 4. The summed E-state index contributed by atoms with van der Waals surface area (Å²) in [5, 5.41) is 8.08. The van der Waals surface area contributed by atoms with Gasteiger partial charge in [0.15, 0.2) is 0 Å². The third-order valence-electron chi connectivity index (χ3n) is 4.37. The van der Waals surface area contributed by atoms with E-state index >= 15 is 0 Å². The average molecular weight is 383 g/mol. The highest BCUT2D eigenvalue weighted by Gasteiger charge is 2.19. The van der Waals surface area contributed by atoms with Crippen LogP contribution < -0.4 is 0 Å². The molecule has 5 rings (SSSR count). The molecule has 4 aromatic rings. The normalized spacial score (nSPS) is 13.9. The largest absolute Gasteiger partial charge is 0.394 e. The summed E-state index contributed by atoms with van der Waals surface area (Å²) in [4.78, 5) is 0. The molecule has 0 saturated carbocycles. The summed E-state index contributed by atoms with van der Waals surface area (Å²) in [5.41, 5.74) is 5.10. The molecule has 0 aromatic heterocycles. The van der Waals surface area contributed by atoms with Crippen molar-refractivity contribution in [1.29, 1.82) is 0 Å². The van der Waals surface area contributed by atoms with Crippen molar-refractivity contribution in [2.24, 2.45) is 0 Å². The van der Waals surface area contributed by atoms with Gasteiger partial charge in [0.1, 0.15) is 6.10 Å². The van der Waals surface area contributed by atoms with E-state index < -0.39 is 0 Å². The van der Waals surface area contributed by atoms with Gasteiger partial charge >= 0.3 is 0 Å². The molecule has 0 aliphatic carbocycles. The molecule has 1 fully saturated rings. The van der Waals surface area contributed by atoms with E-state index in [1.807, 2.05) is 24.3 Å². The van der Waals surface area contributed by atoms with Crippen LogP contribution in [0.1, 0.15) is 0 Å². The summed E-state index contributed by atoms with van der Waals surface area (Å²) in [5.74, 6) is 0. The van der Waals surface area contributed by atoms with Gasteiger partial charge in [-0.1, -0.05) is 121 Å². The zero-order valence-corrected chi connectivity index (χ0v) is 16.4. The molecule has 0 bridgehead atoms. The second-order valence-corrected chi connectivity index (χ2v) is 6.60. The Hall–Kier alpha value is -3.20. The maximum Gasteiger partial charge on any atom is 0.104 e. The molecule has 2 nitrogen and oxygen atoms in total. The molecule has 146 valence electrons. The van der Waals surface area contributed by atoms with Crippen molar-refractivity contribution < 1.29 is 9.84 Å². The predicted octanol–water partition coefficient (Wildman–Crippen LogP) is 6.08. The van der Waals surface area contributed by atoms with Crippen LogP contribution in [-0.4, -0.2) is 24.4 Å². The fourth-order valence-corrected chi connectivity index (χ4v) is 2.70. The van der Waals surface area contributed by atoms with E-state index in [-0.39, 0.29) is 12.7 Å². The van der Waals surface area contributed by atoms with Crippen LogP contribution >= 0.6 is 0 Å². The van der Waals surface area contributed by atoms with Crippen molar-refractivity contribution in [2.45, 2.75) is 6.10 Å². The molecule has 29 heavy (non-hydrogen) atoms. The lowest BCUT2D eigenvalue weighted by molar-refractivity contribution is 0.244. The van der Waals surface area contributed by atoms with Gasteiger partial charge < -0.3 is 9.84 Å². The number of aliphatic hydroxyl groups is 1. The Labute approximate surface area is 173 Å². The average Bonchev–Trinajstić information content (AvgIpc) is 3.67. The summed E-state index contributed by atoms with van der Waals surface area (Å²) in [6.45, 7) is 0.955. The zero-order valence-electron chi connectivity index (χ0n) is 16.4. The van der Waals surface area contributed by atoms with Crippen LogP contribution in [0.15, 0.2) is 121 Å². The second kappa shape index (κ2) is 11.6. The number of hydrogen-bond donors (Lipinski definition) is 1. The van der Waals surface area contributed by atoms with Gasteiger partial charge in [0.05, 0.1) is 13.2 Å². The third-order valence-corrected chi connectivity index (χ3v) is 4.37. The lowest BCUT2D eigenvalue weighted by atomic mass is 10.1. The molecule has 1 N–H and O–H groups in total. The van der Waals surface area contributed by atoms with Gasteiger partial charge in [-0.25, -0.2) is 0 Å². The van der Waals surface area contributed by atoms with Gasteiger partial charge in [-0.2, -0.15) is 0 Å². The van der Waals surface area contributed by atoms with Crippen LogP contribution in [-0.2, 0) is 4.74 Å². The molecule has 1 saturated heterocycles. The molecular weight excluding hydrogens is 356 g/mol. The number of rotatable bonds is 3. The Balaban J connectivity index is 0.000000135. The highest BCUT2D eigenvalue weighted by atomic mass is 16.6. The SMILES string of the molecule is OCC1CO1.c1ccc(-c2ccccc2)cc1.c1ccc(-c2ccccc2)cc1. The third kappa shape index (κ3) is 7.38. The molecule has 1 unspecified atom stereocenters. The number of aliphatic hydroxyl groups excluding tert-OH is 1. The lowest BCUT2D eigenvalue weighted by Crippen LogP contribution is -1.88. The van der Waals surface area contributed by atoms with E-state index in [9.17, 15) is 0 Å². The molecule has 1 atom stereocenters. The molecular formula is C27H26O2. The molecule has 1 aliphatic rings. The summed E-state index contributed by atoms with van der Waals surface area (Å²) < 4.78 is 4.61. The highest BCUT2D eigenvalue weighted by Crippen LogP contribution is 2.18. The molecule has 2 heteroatoms. The Morgan fingerprint density at radius 2 is 0.759 bits per heavy atom. The smallest absolute Gasteiger partial charge is 0.104 e. The minimum Gasteiger partial charge on any atom is -0.394 e. The molecule has 0 spiro atoms. The molecule has 1 aliphatic heterocycles. The van der Waals surface area contributed by atoms with Crippen LogP contribution in [0.25, 0.3) is 22.3 Å². The number of ether oxygens (including phenoxy) is 1. The highest BCUT2D eigenvalue weighted by molar-refractivity contribution is 5.63. The Bertz CT molecular complexity index is 769. The summed E-state index contributed by atoms with van der Waals surface area (Å²) in [6.07, 6.45) is 0.190. The van der Waals surface area contributed by atoms with Gasteiger partial charge in [-0.3, -0.25) is 0 Å². The first-order chi connectivity index (χ1) is 14.4. The number of epoxide rings is 1. The molecule has 1 heterocycles. The minimum absolute atomic E-state index is 0.190. The van der Waals surface area contributed by atoms with Gasteiger partial charge in [0, 0.05) is 0 Å². The van der Waals surface area contributed by atoms with Gasteiger partial charge in [-0.15, -0.1) is 0 Å². The van der Waals surface area contributed by atoms with E-state index in [0.29, 0.717) is 0 Å². The fourth-order valence-electron chi connectivity index (χ4n) is 2.70. The second-order valence-electron chi connectivity index (χ2n) is 6.60. The van der Waals surface area contributed by atoms with Gasteiger partial charge in [-0.05, 0) is 22.3 Å². The monoisotopic (exact) mass is 382 g/mol. The van der Waals surface area contributed by atoms with E-state index in [2.05, 4.69) is 102 Å². The van der Waals surface area contributed by atoms with E-state index in [4.69, 9.17) is 5.11 Å². The van der Waals surface area contributed by atoms with Crippen LogP contribution in [0.5, 0.6) is 0 Å². The van der Waals surface area contributed by atoms with Crippen LogP contribution in [0.2, 0.25) is 0 Å². The summed E-state index contributed by atoms with van der Waals surface area (Å²) in [6, 6.07) is 41.6. The Morgan fingerprint density at radius 3 is 0.897 bits per heavy atom. The predicted molar refractivity (Wildman–Crippen MR) is 121 cm³/mol. The quantitative estimate of drug-likeness (QED) is 0.435. The first kappa shape index (κ1) is 20.5. The summed E-state index contributed by atoms with van der Waals surface area (Å²) >= 11 is 0. The van der Waals surface area contributed by atoms with Crippen molar-refractivity contribution in [2.75, 3.05) is 13.2 Å². The van der Waals surface area contributed by atoms with E-state index in [1.54, 1.807) is 0 Å². The van der Waals surface area contributed by atoms with Crippen LogP contribution in [0.3, 0.4) is 0 Å². The van der Waals surface area contributed by atoms with Crippen molar-refractivity contribution >= 4 is 0 Å².